The highest BCUT2D eigenvalue weighted by atomic mass is 32.2. The van der Waals surface area contributed by atoms with Gasteiger partial charge in [-0.25, -0.2) is 9.82 Å². The van der Waals surface area contributed by atoms with E-state index in [1.165, 1.54) is 41.4 Å². The number of aromatic nitrogens is 2. The van der Waals surface area contributed by atoms with Gasteiger partial charge in [-0.2, -0.15) is 5.10 Å². The molecule has 0 saturated heterocycles. The van der Waals surface area contributed by atoms with Crippen molar-refractivity contribution in [3.8, 4) is 0 Å². The van der Waals surface area contributed by atoms with Crippen molar-refractivity contribution >= 4 is 40.4 Å². The standard InChI is InChI=1S/C11H10FN5OS2/c12-8-3-1-7(2-4-8)5-14-15-9(18)6-19-11-17-16-10(13)20-11/h1-5H,6H2,(H2,13,16)(H,15,18). The molecule has 0 spiro atoms. The summed E-state index contributed by atoms with van der Waals surface area (Å²) in [5.74, 6) is -0.434. The second kappa shape index (κ2) is 6.96. The number of hydrogen-bond acceptors (Lipinski definition) is 7. The number of benzene rings is 1. The van der Waals surface area contributed by atoms with Crippen LogP contribution in [-0.4, -0.2) is 28.1 Å². The van der Waals surface area contributed by atoms with E-state index in [0.29, 0.717) is 15.0 Å². The summed E-state index contributed by atoms with van der Waals surface area (Å²) in [7, 11) is 0. The number of carbonyl (C=O) groups is 1. The number of nitrogens with two attached hydrogens (primary N) is 1. The number of halogens is 1. The molecule has 9 heteroatoms. The number of hydrogen-bond donors (Lipinski definition) is 2. The molecule has 0 unspecified atom stereocenters. The van der Waals surface area contributed by atoms with Crippen molar-refractivity contribution in [1.29, 1.82) is 0 Å². The molecule has 1 aromatic heterocycles. The summed E-state index contributed by atoms with van der Waals surface area (Å²) in [6.07, 6.45) is 1.44. The van der Waals surface area contributed by atoms with Crippen LogP contribution in [0.2, 0.25) is 0 Å². The fraction of sp³-hybridized carbons (Fsp3) is 0.0909. The van der Waals surface area contributed by atoms with Gasteiger partial charge >= 0.3 is 0 Å². The monoisotopic (exact) mass is 311 g/mol. The van der Waals surface area contributed by atoms with Gasteiger partial charge in [-0.3, -0.25) is 4.79 Å². The average molecular weight is 311 g/mol. The SMILES string of the molecule is Nc1nnc(SCC(=O)NN=Cc2ccc(F)cc2)s1. The van der Waals surface area contributed by atoms with Crippen LogP contribution in [0.5, 0.6) is 0 Å². The van der Waals surface area contributed by atoms with Crippen LogP contribution < -0.4 is 11.2 Å². The molecule has 0 bridgehead atoms. The highest BCUT2D eigenvalue weighted by molar-refractivity contribution is 8.01. The summed E-state index contributed by atoms with van der Waals surface area (Å²) in [4.78, 5) is 11.5. The normalized spacial score (nSPS) is 10.8. The zero-order chi connectivity index (χ0) is 14.4. The molecule has 6 nitrogen and oxygen atoms in total. The number of hydrazone groups is 1. The number of anilines is 1. The van der Waals surface area contributed by atoms with Gasteiger partial charge in [0.25, 0.3) is 5.91 Å². The molecule has 1 heterocycles. The lowest BCUT2D eigenvalue weighted by molar-refractivity contribution is -0.118. The lowest BCUT2D eigenvalue weighted by Crippen LogP contribution is -2.19. The van der Waals surface area contributed by atoms with Gasteiger partial charge in [-0.15, -0.1) is 10.2 Å². The average Bonchev–Trinajstić information content (AvgIpc) is 2.85. The maximum atomic E-state index is 12.7. The highest BCUT2D eigenvalue weighted by Gasteiger charge is 2.05. The van der Waals surface area contributed by atoms with E-state index in [-0.39, 0.29) is 17.5 Å². The second-order valence-corrected chi connectivity index (χ2v) is 5.77. The largest absolute Gasteiger partial charge is 0.374 e. The van der Waals surface area contributed by atoms with Gasteiger partial charge in [0, 0.05) is 0 Å². The third-order valence-electron chi connectivity index (χ3n) is 2.02. The van der Waals surface area contributed by atoms with Crippen molar-refractivity contribution in [1.82, 2.24) is 15.6 Å². The molecule has 0 fully saturated rings. The van der Waals surface area contributed by atoms with E-state index < -0.39 is 0 Å². The van der Waals surface area contributed by atoms with Gasteiger partial charge in [0.15, 0.2) is 4.34 Å². The zero-order valence-electron chi connectivity index (χ0n) is 10.1. The Morgan fingerprint density at radius 1 is 1.45 bits per heavy atom. The molecule has 20 heavy (non-hydrogen) atoms. The Morgan fingerprint density at radius 2 is 2.20 bits per heavy atom. The first-order valence-corrected chi connectivity index (χ1v) is 7.23. The Labute approximate surface area is 122 Å². The Bertz CT molecular complexity index is 614. The molecular formula is C11H10FN5OS2. The minimum Gasteiger partial charge on any atom is -0.374 e. The number of nitrogens with one attached hydrogen (secondary N) is 1. The maximum absolute atomic E-state index is 12.7. The highest BCUT2D eigenvalue weighted by Crippen LogP contribution is 2.22. The smallest absolute Gasteiger partial charge is 0.250 e. The number of carbonyl (C=O) groups excluding carboxylic acids is 1. The van der Waals surface area contributed by atoms with Crippen molar-refractivity contribution in [2.45, 2.75) is 4.34 Å². The van der Waals surface area contributed by atoms with E-state index >= 15 is 0 Å². The summed E-state index contributed by atoms with van der Waals surface area (Å²) in [6.45, 7) is 0. The van der Waals surface area contributed by atoms with Crippen LogP contribution in [0.1, 0.15) is 5.56 Å². The zero-order valence-corrected chi connectivity index (χ0v) is 11.7. The number of nitrogens with zero attached hydrogens (tertiary/aromatic N) is 3. The van der Waals surface area contributed by atoms with Gasteiger partial charge < -0.3 is 5.73 Å². The molecule has 1 aromatic carbocycles. The molecule has 104 valence electrons. The summed E-state index contributed by atoms with van der Waals surface area (Å²) in [6, 6.07) is 5.76. The van der Waals surface area contributed by atoms with E-state index in [2.05, 4.69) is 20.7 Å². The van der Waals surface area contributed by atoms with Gasteiger partial charge in [-0.1, -0.05) is 35.2 Å². The van der Waals surface area contributed by atoms with Crippen LogP contribution in [0.3, 0.4) is 0 Å². The molecule has 3 N–H and O–H groups in total. The van der Waals surface area contributed by atoms with Gasteiger partial charge in [0.1, 0.15) is 5.82 Å². The lowest BCUT2D eigenvalue weighted by Gasteiger charge is -1.97. The number of thioether (sulfide) groups is 1. The third-order valence-corrected chi connectivity index (χ3v) is 3.91. The van der Waals surface area contributed by atoms with Crippen LogP contribution in [0.15, 0.2) is 33.7 Å². The predicted molar refractivity (Wildman–Crippen MR) is 77.2 cm³/mol. The Kier molecular flexibility index (Phi) is 5.02. The second-order valence-electron chi connectivity index (χ2n) is 3.54. The first kappa shape index (κ1) is 14.4. The van der Waals surface area contributed by atoms with Crippen molar-refractivity contribution in [3.05, 3.63) is 35.6 Å². The molecule has 0 aliphatic heterocycles. The van der Waals surface area contributed by atoms with Gasteiger partial charge in [-0.05, 0) is 17.7 Å². The fourth-order valence-electron chi connectivity index (χ4n) is 1.17. The minimum absolute atomic E-state index is 0.162. The van der Waals surface area contributed by atoms with Crippen molar-refractivity contribution in [2.24, 2.45) is 5.10 Å². The molecule has 1 amide bonds. The van der Waals surface area contributed by atoms with Crippen LogP contribution in [0, 0.1) is 5.82 Å². The first-order valence-electron chi connectivity index (χ1n) is 5.43. The van der Waals surface area contributed by atoms with E-state index in [1.807, 2.05) is 0 Å². The topological polar surface area (TPSA) is 93.3 Å². The summed E-state index contributed by atoms with van der Waals surface area (Å²) < 4.78 is 13.3. The molecule has 0 aliphatic rings. The quantitative estimate of drug-likeness (QED) is 0.496. The molecular weight excluding hydrogens is 301 g/mol. The molecule has 0 saturated carbocycles. The molecule has 2 rings (SSSR count). The van der Waals surface area contributed by atoms with Crippen molar-refractivity contribution < 1.29 is 9.18 Å². The Hall–Kier alpha value is -2.00. The molecule has 0 atom stereocenters. The summed E-state index contributed by atoms with van der Waals surface area (Å²) >= 11 is 2.44. The van der Waals surface area contributed by atoms with Crippen LogP contribution in [0.25, 0.3) is 0 Å². The predicted octanol–water partition coefficient (Wildman–Crippen LogP) is 1.50. The van der Waals surface area contributed by atoms with Crippen molar-refractivity contribution in [3.63, 3.8) is 0 Å². The Balaban J connectivity index is 1.76. The molecule has 2 aromatic rings. The fourth-order valence-corrected chi connectivity index (χ4v) is 2.59. The van der Waals surface area contributed by atoms with Gasteiger partial charge in [0.05, 0.1) is 12.0 Å². The van der Waals surface area contributed by atoms with Gasteiger partial charge in [0.2, 0.25) is 5.13 Å². The minimum atomic E-state index is -0.320. The van der Waals surface area contributed by atoms with Crippen LogP contribution >= 0.6 is 23.1 Å². The summed E-state index contributed by atoms with van der Waals surface area (Å²) in [5, 5.41) is 11.5. The van der Waals surface area contributed by atoms with E-state index in [9.17, 15) is 9.18 Å². The maximum Gasteiger partial charge on any atom is 0.250 e. The van der Waals surface area contributed by atoms with Crippen LogP contribution in [-0.2, 0) is 4.79 Å². The lowest BCUT2D eigenvalue weighted by atomic mass is 10.2. The van der Waals surface area contributed by atoms with Crippen LogP contribution in [0.4, 0.5) is 9.52 Å². The third kappa shape index (κ3) is 4.59. The first-order chi connectivity index (χ1) is 9.63. The van der Waals surface area contributed by atoms with E-state index in [1.54, 1.807) is 12.1 Å². The van der Waals surface area contributed by atoms with E-state index in [4.69, 9.17) is 5.73 Å². The number of nitrogen functional groups attached to an aromatic ring is 1. The Morgan fingerprint density at radius 3 is 2.85 bits per heavy atom. The van der Waals surface area contributed by atoms with E-state index in [0.717, 1.165) is 0 Å². The number of amides is 1. The summed E-state index contributed by atoms with van der Waals surface area (Å²) in [5.41, 5.74) is 8.48. The molecule has 0 aliphatic carbocycles. The number of rotatable bonds is 5. The van der Waals surface area contributed by atoms with Crippen molar-refractivity contribution in [2.75, 3.05) is 11.5 Å². The molecule has 0 radical (unpaired) electrons.